The maximum absolute atomic E-state index is 12.0. The van der Waals surface area contributed by atoms with Crippen LogP contribution in [0, 0.1) is 0 Å². The van der Waals surface area contributed by atoms with Gasteiger partial charge in [-0.2, -0.15) is 0 Å². The van der Waals surface area contributed by atoms with E-state index in [9.17, 15) is 15.0 Å². The number of ether oxygens (including phenoxy) is 2. The third-order valence-electron chi connectivity index (χ3n) is 3.07. The third kappa shape index (κ3) is 8.74. The zero-order chi connectivity index (χ0) is 17.8. The van der Waals surface area contributed by atoms with Crippen LogP contribution in [0.4, 0.5) is 4.79 Å². The predicted molar refractivity (Wildman–Crippen MR) is 92.6 cm³/mol. The molecule has 0 aromatic heterocycles. The molecule has 0 fully saturated rings. The quantitative estimate of drug-likeness (QED) is 0.590. The average molecular weight is 346 g/mol. The van der Waals surface area contributed by atoms with E-state index >= 15 is 0 Å². The van der Waals surface area contributed by atoms with E-state index in [4.69, 9.17) is 9.47 Å². The summed E-state index contributed by atoms with van der Waals surface area (Å²) in [5, 5.41) is 19.8. The van der Waals surface area contributed by atoms with Gasteiger partial charge in [-0.15, -0.1) is 0 Å². The first kappa shape index (κ1) is 20.5. The van der Waals surface area contributed by atoms with Gasteiger partial charge in [0, 0.05) is 17.6 Å². The fraction of sp³-hybridized carbons (Fsp3) is 0.824. The number of rotatable bonds is 2. The van der Waals surface area contributed by atoms with Crippen molar-refractivity contribution in [3.63, 3.8) is 0 Å². The minimum absolute atomic E-state index is 0.203. The van der Waals surface area contributed by atoms with Crippen LogP contribution in [0.3, 0.4) is 0 Å². The number of aliphatic hydroxyl groups is 2. The van der Waals surface area contributed by atoms with Crippen molar-refractivity contribution in [3.05, 3.63) is 12.2 Å². The number of thioether (sulfide) groups is 1. The lowest BCUT2D eigenvalue weighted by atomic mass is 9.96. The minimum Gasteiger partial charge on any atom is -0.450 e. The Morgan fingerprint density at radius 1 is 1.09 bits per heavy atom. The number of carbonyl (C=O) groups excluding carboxylic acids is 1. The first-order valence-corrected chi connectivity index (χ1v) is 8.79. The van der Waals surface area contributed by atoms with Crippen molar-refractivity contribution in [1.29, 1.82) is 0 Å². The van der Waals surface area contributed by atoms with Crippen molar-refractivity contribution in [2.75, 3.05) is 0 Å². The lowest BCUT2D eigenvalue weighted by Gasteiger charge is -2.34. The molecule has 0 amide bonds. The van der Waals surface area contributed by atoms with Gasteiger partial charge in [0.1, 0.15) is 6.10 Å². The number of carbonyl (C=O) groups is 1. The van der Waals surface area contributed by atoms with Gasteiger partial charge in [0.25, 0.3) is 0 Å². The summed E-state index contributed by atoms with van der Waals surface area (Å²) < 4.78 is 11.1. The number of hydrogen-bond acceptors (Lipinski definition) is 6. The van der Waals surface area contributed by atoms with Crippen molar-refractivity contribution in [3.8, 4) is 0 Å². The molecule has 23 heavy (non-hydrogen) atoms. The van der Waals surface area contributed by atoms with Crippen molar-refractivity contribution >= 4 is 17.1 Å². The zero-order valence-electron chi connectivity index (χ0n) is 14.9. The Hall–Kier alpha value is -0.560. The first-order chi connectivity index (χ1) is 10.4. The topological polar surface area (TPSA) is 76.0 Å². The van der Waals surface area contributed by atoms with Crippen LogP contribution in [0.25, 0.3) is 0 Å². The average Bonchev–Trinajstić information content (AvgIpc) is 2.29. The lowest BCUT2D eigenvalue weighted by Crippen LogP contribution is -2.41. The summed E-state index contributed by atoms with van der Waals surface area (Å²) in [6, 6.07) is 0. The van der Waals surface area contributed by atoms with E-state index in [1.54, 1.807) is 12.2 Å². The molecule has 2 N–H and O–H groups in total. The van der Waals surface area contributed by atoms with Crippen LogP contribution in [0.1, 0.15) is 54.4 Å². The monoisotopic (exact) mass is 346 g/mol. The Kier molecular flexibility index (Phi) is 7.13. The summed E-state index contributed by atoms with van der Waals surface area (Å²) in [6.45, 7) is 11.5. The molecule has 134 valence electrons. The molecule has 0 heterocycles. The molecule has 0 aromatic rings. The first-order valence-electron chi connectivity index (χ1n) is 7.97. The molecule has 1 aliphatic rings. The largest absolute Gasteiger partial charge is 0.450 e. The van der Waals surface area contributed by atoms with E-state index in [1.807, 2.05) is 41.5 Å². The SMILES string of the molecule is CC(C)(C)OC1CC(OC(=O)SC(C)(C)C)/C=C/C(O)CC1O. The summed E-state index contributed by atoms with van der Waals surface area (Å²) in [7, 11) is 0. The van der Waals surface area contributed by atoms with Gasteiger partial charge in [-0.3, -0.25) is 0 Å². The zero-order valence-corrected chi connectivity index (χ0v) is 15.7. The molecule has 1 rings (SSSR count). The van der Waals surface area contributed by atoms with Crippen LogP contribution >= 0.6 is 11.8 Å². The molecule has 0 saturated heterocycles. The molecule has 0 radical (unpaired) electrons. The van der Waals surface area contributed by atoms with Crippen LogP contribution in [0.15, 0.2) is 12.2 Å². The van der Waals surface area contributed by atoms with E-state index in [1.165, 1.54) is 0 Å². The van der Waals surface area contributed by atoms with Crippen LogP contribution in [-0.4, -0.2) is 50.3 Å². The van der Waals surface area contributed by atoms with E-state index in [0.29, 0.717) is 6.42 Å². The molecular formula is C17H30O5S. The predicted octanol–water partition coefficient (Wildman–Crippen LogP) is 3.28. The highest BCUT2D eigenvalue weighted by Gasteiger charge is 2.32. The summed E-state index contributed by atoms with van der Waals surface area (Å²) >= 11 is 1.12. The molecule has 4 unspecified atom stereocenters. The Labute approximate surface area is 143 Å². The molecule has 6 heteroatoms. The summed E-state index contributed by atoms with van der Waals surface area (Å²) in [4.78, 5) is 12.0. The van der Waals surface area contributed by atoms with Crippen LogP contribution in [0.2, 0.25) is 0 Å². The second-order valence-electron chi connectivity index (χ2n) is 7.88. The standard InChI is InChI=1S/C17H30O5S/c1-16(2,3)22-14-10-12(8-7-11(18)9-13(14)19)21-15(20)23-17(4,5)6/h7-8,11-14,18-19H,9-10H2,1-6H3/b8-7+. The molecule has 1 aliphatic carbocycles. The lowest BCUT2D eigenvalue weighted by molar-refractivity contribution is -0.128. The van der Waals surface area contributed by atoms with E-state index in [0.717, 1.165) is 11.8 Å². The van der Waals surface area contributed by atoms with Crippen molar-refractivity contribution in [2.24, 2.45) is 0 Å². The smallest absolute Gasteiger partial charge is 0.368 e. The maximum atomic E-state index is 12.0. The second kappa shape index (κ2) is 8.01. The normalized spacial score (nSPS) is 31.1. The molecular weight excluding hydrogens is 316 g/mol. The summed E-state index contributed by atoms with van der Waals surface area (Å²) in [5.41, 5.74) is -0.436. The molecule has 0 aliphatic heterocycles. The van der Waals surface area contributed by atoms with E-state index < -0.39 is 30.0 Å². The molecule has 5 nitrogen and oxygen atoms in total. The van der Waals surface area contributed by atoms with Crippen LogP contribution in [0.5, 0.6) is 0 Å². The van der Waals surface area contributed by atoms with E-state index in [2.05, 4.69) is 0 Å². The Morgan fingerprint density at radius 2 is 1.70 bits per heavy atom. The van der Waals surface area contributed by atoms with Gasteiger partial charge < -0.3 is 19.7 Å². The van der Waals surface area contributed by atoms with Gasteiger partial charge in [0.2, 0.25) is 0 Å². The molecule has 0 saturated carbocycles. The van der Waals surface area contributed by atoms with Crippen molar-refractivity contribution < 1.29 is 24.5 Å². The molecule has 0 spiro atoms. The second-order valence-corrected chi connectivity index (χ2v) is 9.64. The molecule has 4 atom stereocenters. The van der Waals surface area contributed by atoms with Crippen molar-refractivity contribution in [2.45, 2.75) is 89.1 Å². The fourth-order valence-electron chi connectivity index (χ4n) is 2.26. The highest BCUT2D eigenvalue weighted by atomic mass is 32.2. The van der Waals surface area contributed by atoms with Gasteiger partial charge in [-0.05, 0) is 38.6 Å². The number of aliphatic hydroxyl groups excluding tert-OH is 2. The molecule has 0 bridgehead atoms. The van der Waals surface area contributed by atoms with Gasteiger partial charge in [0.05, 0.1) is 23.9 Å². The summed E-state index contributed by atoms with van der Waals surface area (Å²) in [5.74, 6) is 0. The number of hydrogen-bond donors (Lipinski definition) is 2. The Balaban J connectivity index is 2.81. The van der Waals surface area contributed by atoms with Crippen LogP contribution in [-0.2, 0) is 9.47 Å². The van der Waals surface area contributed by atoms with Crippen LogP contribution < -0.4 is 0 Å². The van der Waals surface area contributed by atoms with Gasteiger partial charge in [-0.25, -0.2) is 4.79 Å². The van der Waals surface area contributed by atoms with Gasteiger partial charge in [-0.1, -0.05) is 26.8 Å². The highest BCUT2D eigenvalue weighted by Crippen LogP contribution is 2.28. The third-order valence-corrected chi connectivity index (χ3v) is 3.94. The highest BCUT2D eigenvalue weighted by molar-refractivity contribution is 8.14. The van der Waals surface area contributed by atoms with Gasteiger partial charge >= 0.3 is 5.30 Å². The summed E-state index contributed by atoms with van der Waals surface area (Å²) in [6.07, 6.45) is 1.17. The minimum atomic E-state index is -0.814. The molecule has 0 aromatic carbocycles. The Morgan fingerprint density at radius 3 is 2.22 bits per heavy atom. The maximum Gasteiger partial charge on any atom is 0.368 e. The van der Waals surface area contributed by atoms with E-state index in [-0.39, 0.29) is 16.5 Å². The Bertz CT molecular complexity index is 422. The fourth-order valence-corrected chi connectivity index (χ4v) is 2.93. The van der Waals surface area contributed by atoms with Crippen molar-refractivity contribution in [1.82, 2.24) is 0 Å². The van der Waals surface area contributed by atoms with Gasteiger partial charge in [0.15, 0.2) is 0 Å².